The summed E-state index contributed by atoms with van der Waals surface area (Å²) in [6.45, 7) is 7.41. The Labute approximate surface area is 104 Å². The second-order valence-electron chi connectivity index (χ2n) is 5.43. The minimum absolute atomic E-state index is 0.814. The van der Waals surface area contributed by atoms with Crippen LogP contribution in [0.2, 0.25) is 0 Å². The van der Waals surface area contributed by atoms with Gasteiger partial charge < -0.3 is 5.32 Å². The fourth-order valence-electron chi connectivity index (χ4n) is 2.41. The fourth-order valence-corrected chi connectivity index (χ4v) is 2.41. The van der Waals surface area contributed by atoms with Gasteiger partial charge in [0.15, 0.2) is 0 Å². The van der Waals surface area contributed by atoms with Crippen molar-refractivity contribution in [3.63, 3.8) is 0 Å². The predicted octanol–water partition coefficient (Wildman–Crippen LogP) is 3.33. The monoisotopic (exact) mass is 233 g/mol. The van der Waals surface area contributed by atoms with E-state index in [0.29, 0.717) is 0 Å². The summed E-state index contributed by atoms with van der Waals surface area (Å²) >= 11 is 0. The lowest BCUT2D eigenvalue weighted by Crippen LogP contribution is -2.20. The van der Waals surface area contributed by atoms with Gasteiger partial charge in [0.05, 0.1) is 17.6 Å². The molecule has 0 unspecified atom stereocenters. The van der Waals surface area contributed by atoms with E-state index in [1.165, 1.54) is 25.7 Å². The third kappa shape index (κ3) is 3.42. The largest absolute Gasteiger partial charge is 0.369 e. The minimum atomic E-state index is 0.814. The summed E-state index contributed by atoms with van der Waals surface area (Å²) in [5, 5.41) is 3.42. The van der Waals surface area contributed by atoms with Gasteiger partial charge in [0.25, 0.3) is 0 Å². The average molecular weight is 233 g/mol. The van der Waals surface area contributed by atoms with Crippen LogP contribution in [0.1, 0.15) is 44.0 Å². The Bertz CT molecular complexity index is 368. The Morgan fingerprint density at radius 2 is 1.88 bits per heavy atom. The van der Waals surface area contributed by atoms with Crippen LogP contribution in [0.15, 0.2) is 6.20 Å². The van der Waals surface area contributed by atoms with Crippen LogP contribution in [-0.2, 0) is 0 Å². The molecule has 3 nitrogen and oxygen atoms in total. The summed E-state index contributed by atoms with van der Waals surface area (Å²) in [6.07, 6.45) is 7.31. The molecule has 1 aliphatic carbocycles. The summed E-state index contributed by atoms with van der Waals surface area (Å²) in [4.78, 5) is 8.83. The van der Waals surface area contributed by atoms with Crippen molar-refractivity contribution >= 4 is 5.82 Å². The first-order valence-electron chi connectivity index (χ1n) is 6.69. The number of aromatic nitrogens is 2. The molecule has 1 N–H and O–H groups in total. The molecule has 1 aliphatic rings. The predicted molar refractivity (Wildman–Crippen MR) is 71.1 cm³/mol. The Morgan fingerprint density at radius 3 is 2.53 bits per heavy atom. The zero-order valence-corrected chi connectivity index (χ0v) is 11.2. The maximum Gasteiger partial charge on any atom is 0.144 e. The highest BCUT2D eigenvalue weighted by atomic mass is 15.0. The summed E-state index contributed by atoms with van der Waals surface area (Å²) < 4.78 is 0. The smallest absolute Gasteiger partial charge is 0.144 e. The van der Waals surface area contributed by atoms with Crippen LogP contribution in [0.3, 0.4) is 0 Å². The van der Waals surface area contributed by atoms with Crippen LogP contribution >= 0.6 is 0 Å². The maximum absolute atomic E-state index is 4.50. The molecule has 1 aromatic heterocycles. The first-order chi connectivity index (χ1) is 8.15. The van der Waals surface area contributed by atoms with Crippen LogP contribution in [-0.4, -0.2) is 16.5 Å². The van der Waals surface area contributed by atoms with Gasteiger partial charge in [0, 0.05) is 6.54 Å². The molecule has 0 aliphatic heterocycles. The van der Waals surface area contributed by atoms with Crippen molar-refractivity contribution in [3.8, 4) is 0 Å². The highest BCUT2D eigenvalue weighted by Crippen LogP contribution is 2.28. The van der Waals surface area contributed by atoms with Crippen molar-refractivity contribution in [1.82, 2.24) is 9.97 Å². The van der Waals surface area contributed by atoms with E-state index in [1.54, 1.807) is 0 Å². The quantitative estimate of drug-likeness (QED) is 0.870. The third-order valence-corrected chi connectivity index (χ3v) is 3.90. The lowest BCUT2D eigenvalue weighted by Gasteiger charge is -2.26. The summed E-state index contributed by atoms with van der Waals surface area (Å²) in [6, 6.07) is 0. The van der Waals surface area contributed by atoms with E-state index < -0.39 is 0 Å². The molecule has 17 heavy (non-hydrogen) atoms. The van der Waals surface area contributed by atoms with Gasteiger partial charge in [-0.2, -0.15) is 0 Å². The molecule has 0 aromatic carbocycles. The van der Waals surface area contributed by atoms with Gasteiger partial charge in [-0.05, 0) is 38.5 Å². The van der Waals surface area contributed by atoms with Gasteiger partial charge in [0.2, 0.25) is 0 Å². The van der Waals surface area contributed by atoms with Crippen LogP contribution in [0.4, 0.5) is 5.82 Å². The van der Waals surface area contributed by atoms with E-state index in [9.17, 15) is 0 Å². The molecule has 0 atom stereocenters. The van der Waals surface area contributed by atoms with E-state index >= 15 is 0 Å². The van der Waals surface area contributed by atoms with Gasteiger partial charge in [-0.1, -0.05) is 19.8 Å². The molecule has 1 fully saturated rings. The fraction of sp³-hybridized carbons (Fsp3) is 0.714. The van der Waals surface area contributed by atoms with Crippen molar-refractivity contribution < 1.29 is 0 Å². The molecule has 2 rings (SSSR count). The summed E-state index contributed by atoms with van der Waals surface area (Å²) in [5.41, 5.74) is 2.04. The first-order valence-corrected chi connectivity index (χ1v) is 6.69. The SMILES string of the molecule is Cc1ncc(NCC2CCC(C)CC2)nc1C. The van der Waals surface area contributed by atoms with Crippen molar-refractivity contribution in [3.05, 3.63) is 17.6 Å². The molecule has 94 valence electrons. The Kier molecular flexibility index (Phi) is 3.97. The zero-order valence-electron chi connectivity index (χ0n) is 11.2. The standard InChI is InChI=1S/C14H23N3/c1-10-4-6-13(7-5-10)8-16-14-9-15-11(2)12(3)17-14/h9-10,13H,4-8H2,1-3H3,(H,16,17). The van der Waals surface area contributed by atoms with Crippen molar-refractivity contribution in [2.45, 2.75) is 46.5 Å². The molecule has 0 spiro atoms. The molecule has 0 amide bonds. The van der Waals surface area contributed by atoms with Gasteiger partial charge >= 0.3 is 0 Å². The molecule has 0 radical (unpaired) electrons. The molecular weight excluding hydrogens is 210 g/mol. The highest BCUT2D eigenvalue weighted by molar-refractivity contribution is 5.33. The number of aryl methyl sites for hydroxylation is 2. The zero-order chi connectivity index (χ0) is 12.3. The normalized spacial score (nSPS) is 24.6. The number of nitrogens with one attached hydrogen (secondary N) is 1. The van der Waals surface area contributed by atoms with Crippen molar-refractivity contribution in [2.75, 3.05) is 11.9 Å². The van der Waals surface area contributed by atoms with Crippen LogP contribution in [0.5, 0.6) is 0 Å². The molecule has 1 aromatic rings. The molecule has 3 heteroatoms. The van der Waals surface area contributed by atoms with Gasteiger partial charge in [-0.25, -0.2) is 4.98 Å². The van der Waals surface area contributed by atoms with Crippen molar-refractivity contribution in [2.24, 2.45) is 11.8 Å². The average Bonchev–Trinajstić information content (AvgIpc) is 2.33. The van der Waals surface area contributed by atoms with Gasteiger partial charge in [-0.15, -0.1) is 0 Å². The number of hydrogen-bond donors (Lipinski definition) is 1. The van der Waals surface area contributed by atoms with Crippen LogP contribution in [0.25, 0.3) is 0 Å². The Balaban J connectivity index is 1.83. The van der Waals surface area contributed by atoms with E-state index in [0.717, 1.165) is 35.6 Å². The summed E-state index contributed by atoms with van der Waals surface area (Å²) in [5.74, 6) is 2.66. The third-order valence-electron chi connectivity index (χ3n) is 3.90. The highest BCUT2D eigenvalue weighted by Gasteiger charge is 2.17. The molecule has 1 heterocycles. The second kappa shape index (κ2) is 5.48. The second-order valence-corrected chi connectivity index (χ2v) is 5.43. The molecular formula is C14H23N3. The number of nitrogens with zero attached hydrogens (tertiary/aromatic N) is 2. The lowest BCUT2D eigenvalue weighted by molar-refractivity contribution is 0.300. The number of anilines is 1. The maximum atomic E-state index is 4.50. The Hall–Kier alpha value is -1.12. The first kappa shape index (κ1) is 12.3. The minimum Gasteiger partial charge on any atom is -0.369 e. The lowest BCUT2D eigenvalue weighted by atomic mass is 9.83. The van der Waals surface area contributed by atoms with E-state index in [2.05, 4.69) is 22.2 Å². The molecule has 1 saturated carbocycles. The van der Waals surface area contributed by atoms with Gasteiger partial charge in [0.1, 0.15) is 5.82 Å². The van der Waals surface area contributed by atoms with Gasteiger partial charge in [-0.3, -0.25) is 4.98 Å². The van der Waals surface area contributed by atoms with E-state index in [1.807, 2.05) is 20.0 Å². The van der Waals surface area contributed by atoms with Crippen LogP contribution in [0, 0.1) is 25.7 Å². The number of rotatable bonds is 3. The topological polar surface area (TPSA) is 37.8 Å². The number of hydrogen-bond acceptors (Lipinski definition) is 3. The summed E-state index contributed by atoms with van der Waals surface area (Å²) in [7, 11) is 0. The van der Waals surface area contributed by atoms with Crippen molar-refractivity contribution in [1.29, 1.82) is 0 Å². The van der Waals surface area contributed by atoms with E-state index in [-0.39, 0.29) is 0 Å². The van der Waals surface area contributed by atoms with Crippen LogP contribution < -0.4 is 5.32 Å². The Morgan fingerprint density at radius 1 is 1.18 bits per heavy atom. The molecule has 0 bridgehead atoms. The van der Waals surface area contributed by atoms with E-state index in [4.69, 9.17) is 0 Å². The molecule has 0 saturated heterocycles.